The number of rotatable bonds is 3. The predicted octanol–water partition coefficient (Wildman–Crippen LogP) is 6.43. The van der Waals surface area contributed by atoms with E-state index in [2.05, 4.69) is 43.1 Å². The van der Waals surface area contributed by atoms with Crippen LogP contribution in [0.2, 0.25) is 5.02 Å². The van der Waals surface area contributed by atoms with Crippen LogP contribution in [0.3, 0.4) is 0 Å². The Morgan fingerprint density at radius 1 is 0.938 bits per heavy atom. The Balaban J connectivity index is 1.41. The number of nitrogens with zero attached hydrogens (tertiary/aromatic N) is 2. The Labute approximate surface area is 192 Å². The second kappa shape index (κ2) is 7.45. The molecule has 0 aromatic heterocycles. The maximum atomic E-state index is 6.46. The van der Waals surface area contributed by atoms with Gasteiger partial charge in [0.15, 0.2) is 11.5 Å². The van der Waals surface area contributed by atoms with Crippen LogP contribution in [0.5, 0.6) is 17.2 Å². The molecule has 0 spiro atoms. The van der Waals surface area contributed by atoms with Crippen LogP contribution in [-0.4, -0.2) is 17.5 Å². The molecule has 0 fully saturated rings. The SMILES string of the molecule is CC(C)c1ccc([C@@H]2Oc3ccc(Cl)cc3[C@@H]3CC(c4ccc5c(c4)OCO5)=NN32)cc1. The van der Waals surface area contributed by atoms with Crippen LogP contribution in [0.1, 0.15) is 60.7 Å². The third kappa shape index (κ3) is 3.19. The zero-order chi connectivity index (χ0) is 21.8. The molecule has 6 rings (SSSR count). The molecule has 0 bridgehead atoms. The lowest BCUT2D eigenvalue weighted by molar-refractivity contribution is -0.0190. The summed E-state index contributed by atoms with van der Waals surface area (Å²) in [5.41, 5.74) is 5.47. The number of hydrazone groups is 1. The van der Waals surface area contributed by atoms with Crippen LogP contribution in [0.15, 0.2) is 65.8 Å². The molecule has 32 heavy (non-hydrogen) atoms. The Kier molecular flexibility index (Phi) is 4.54. The maximum absolute atomic E-state index is 6.46. The van der Waals surface area contributed by atoms with Gasteiger partial charge in [-0.3, -0.25) is 0 Å². The summed E-state index contributed by atoms with van der Waals surface area (Å²) in [7, 11) is 0. The largest absolute Gasteiger partial charge is 0.464 e. The van der Waals surface area contributed by atoms with Crippen LogP contribution in [0, 0.1) is 0 Å². The molecule has 0 radical (unpaired) electrons. The molecule has 0 saturated heterocycles. The van der Waals surface area contributed by atoms with E-state index in [1.807, 2.05) is 36.4 Å². The minimum atomic E-state index is -0.304. The van der Waals surface area contributed by atoms with Crippen molar-refractivity contribution in [3.8, 4) is 17.2 Å². The van der Waals surface area contributed by atoms with Gasteiger partial charge >= 0.3 is 0 Å². The molecule has 162 valence electrons. The van der Waals surface area contributed by atoms with E-state index in [9.17, 15) is 0 Å². The van der Waals surface area contributed by atoms with E-state index in [0.29, 0.717) is 10.9 Å². The van der Waals surface area contributed by atoms with Crippen LogP contribution in [-0.2, 0) is 0 Å². The summed E-state index contributed by atoms with van der Waals surface area (Å²) >= 11 is 6.34. The fraction of sp³-hybridized carbons (Fsp3) is 0.269. The molecule has 3 heterocycles. The first-order chi connectivity index (χ1) is 15.6. The van der Waals surface area contributed by atoms with Gasteiger partial charge in [0.25, 0.3) is 0 Å². The average Bonchev–Trinajstić information content (AvgIpc) is 3.45. The van der Waals surface area contributed by atoms with E-state index in [-0.39, 0.29) is 19.1 Å². The molecule has 6 heteroatoms. The van der Waals surface area contributed by atoms with Gasteiger partial charge < -0.3 is 14.2 Å². The third-order valence-electron chi connectivity index (χ3n) is 6.35. The van der Waals surface area contributed by atoms with Gasteiger partial charge in [-0.15, -0.1) is 0 Å². The molecule has 0 unspecified atom stereocenters. The molecule has 0 saturated carbocycles. The molecular weight excluding hydrogens is 424 g/mol. The van der Waals surface area contributed by atoms with Crippen molar-refractivity contribution in [3.05, 3.63) is 87.9 Å². The first-order valence-electron chi connectivity index (χ1n) is 10.9. The van der Waals surface area contributed by atoms with Crippen molar-refractivity contribution >= 4 is 17.3 Å². The molecule has 3 aromatic rings. The highest BCUT2D eigenvalue weighted by Crippen LogP contribution is 2.48. The number of halogens is 1. The van der Waals surface area contributed by atoms with Crippen LogP contribution < -0.4 is 14.2 Å². The second-order valence-corrected chi connectivity index (χ2v) is 9.12. The minimum Gasteiger partial charge on any atom is -0.464 e. The monoisotopic (exact) mass is 446 g/mol. The van der Waals surface area contributed by atoms with Crippen molar-refractivity contribution in [1.82, 2.24) is 5.01 Å². The summed E-state index contributed by atoms with van der Waals surface area (Å²) in [6, 6.07) is 20.5. The Morgan fingerprint density at radius 3 is 2.53 bits per heavy atom. The molecule has 0 aliphatic carbocycles. The van der Waals surface area contributed by atoms with Gasteiger partial charge in [0.1, 0.15) is 5.75 Å². The van der Waals surface area contributed by atoms with Crippen molar-refractivity contribution in [1.29, 1.82) is 0 Å². The Hall–Kier alpha value is -3.18. The number of ether oxygens (including phenoxy) is 3. The van der Waals surface area contributed by atoms with Crippen LogP contribution in [0.4, 0.5) is 0 Å². The second-order valence-electron chi connectivity index (χ2n) is 8.69. The first-order valence-corrected chi connectivity index (χ1v) is 11.3. The lowest BCUT2D eigenvalue weighted by atomic mass is 9.95. The predicted molar refractivity (Wildman–Crippen MR) is 124 cm³/mol. The quantitative estimate of drug-likeness (QED) is 0.464. The molecular formula is C26H23ClN2O3. The van der Waals surface area contributed by atoms with Crippen molar-refractivity contribution in [3.63, 3.8) is 0 Å². The fourth-order valence-corrected chi connectivity index (χ4v) is 4.75. The van der Waals surface area contributed by atoms with Crippen molar-refractivity contribution in [2.45, 2.75) is 38.5 Å². The highest BCUT2D eigenvalue weighted by Gasteiger charge is 2.41. The van der Waals surface area contributed by atoms with Gasteiger partial charge in [-0.05, 0) is 47.9 Å². The van der Waals surface area contributed by atoms with Crippen LogP contribution >= 0.6 is 11.6 Å². The molecule has 3 aromatic carbocycles. The normalized spacial score (nSPS) is 20.6. The zero-order valence-corrected chi connectivity index (χ0v) is 18.7. The lowest BCUT2D eigenvalue weighted by Crippen LogP contribution is -2.33. The summed E-state index contributed by atoms with van der Waals surface area (Å²) in [4.78, 5) is 0. The molecule has 0 amide bonds. The minimum absolute atomic E-state index is 0.0487. The van der Waals surface area contributed by atoms with Gasteiger partial charge in [-0.25, -0.2) is 5.01 Å². The summed E-state index contributed by atoms with van der Waals surface area (Å²) < 4.78 is 17.5. The van der Waals surface area contributed by atoms with E-state index in [0.717, 1.165) is 46.1 Å². The van der Waals surface area contributed by atoms with E-state index in [1.54, 1.807) is 0 Å². The maximum Gasteiger partial charge on any atom is 0.231 e. The van der Waals surface area contributed by atoms with E-state index in [1.165, 1.54) is 5.56 Å². The summed E-state index contributed by atoms with van der Waals surface area (Å²) in [5.74, 6) is 2.87. The highest BCUT2D eigenvalue weighted by molar-refractivity contribution is 6.30. The molecule has 3 aliphatic rings. The smallest absolute Gasteiger partial charge is 0.231 e. The average molecular weight is 447 g/mol. The van der Waals surface area contributed by atoms with Crippen molar-refractivity contribution in [2.75, 3.05) is 6.79 Å². The molecule has 0 N–H and O–H groups in total. The summed E-state index contributed by atoms with van der Waals surface area (Å²) in [6.45, 7) is 4.66. The Bertz CT molecular complexity index is 1220. The van der Waals surface area contributed by atoms with Crippen molar-refractivity contribution < 1.29 is 14.2 Å². The molecule has 5 nitrogen and oxygen atoms in total. The molecule has 2 atom stereocenters. The molecule has 3 aliphatic heterocycles. The van der Waals surface area contributed by atoms with Gasteiger partial charge in [0, 0.05) is 28.1 Å². The summed E-state index contributed by atoms with van der Waals surface area (Å²) in [5, 5.41) is 7.81. The van der Waals surface area contributed by atoms with E-state index in [4.69, 9.17) is 30.9 Å². The number of fused-ring (bicyclic) bond motifs is 4. The van der Waals surface area contributed by atoms with Crippen molar-refractivity contribution in [2.24, 2.45) is 5.10 Å². The van der Waals surface area contributed by atoms with E-state index >= 15 is 0 Å². The van der Waals surface area contributed by atoms with Crippen LogP contribution in [0.25, 0.3) is 0 Å². The van der Waals surface area contributed by atoms with E-state index < -0.39 is 0 Å². The van der Waals surface area contributed by atoms with Gasteiger partial charge in [0.2, 0.25) is 13.0 Å². The standard InChI is InChI=1S/C26H23ClN2O3/c1-15(2)16-3-5-17(6-4-16)26-29-22(20-12-19(27)8-10-23(20)32-26)13-21(28-29)18-7-9-24-25(11-18)31-14-30-24/h3-12,15,22,26H,13-14H2,1-2H3/t22-,26-/m0/s1. The van der Waals surface area contributed by atoms with Gasteiger partial charge in [-0.2, -0.15) is 5.10 Å². The fourth-order valence-electron chi connectivity index (χ4n) is 4.57. The Morgan fingerprint density at radius 2 is 1.72 bits per heavy atom. The number of benzene rings is 3. The van der Waals surface area contributed by atoms with Gasteiger partial charge in [-0.1, -0.05) is 49.7 Å². The number of hydrogen-bond acceptors (Lipinski definition) is 5. The third-order valence-corrected chi connectivity index (χ3v) is 6.58. The lowest BCUT2D eigenvalue weighted by Gasteiger charge is -2.38. The number of hydrogen-bond donors (Lipinski definition) is 0. The highest BCUT2D eigenvalue weighted by atomic mass is 35.5. The first kappa shape index (κ1) is 19.5. The van der Waals surface area contributed by atoms with Gasteiger partial charge in [0.05, 0.1) is 11.8 Å². The topological polar surface area (TPSA) is 43.3 Å². The summed E-state index contributed by atoms with van der Waals surface area (Å²) in [6.07, 6.45) is 0.457. The zero-order valence-electron chi connectivity index (χ0n) is 17.9.